The van der Waals surface area contributed by atoms with Crippen LogP contribution in [0.3, 0.4) is 0 Å². The van der Waals surface area contributed by atoms with Gasteiger partial charge in [0.2, 0.25) is 11.1 Å². The van der Waals surface area contributed by atoms with E-state index in [2.05, 4.69) is 15.5 Å². The number of benzene rings is 2. The normalized spacial score (nSPS) is 10.6. The van der Waals surface area contributed by atoms with Gasteiger partial charge in [0.15, 0.2) is 0 Å². The molecule has 3 rings (SSSR count). The number of aromatic nitrogens is 2. The van der Waals surface area contributed by atoms with Gasteiger partial charge in [0, 0.05) is 5.56 Å². The molecule has 0 aliphatic rings. The van der Waals surface area contributed by atoms with Crippen molar-refractivity contribution in [3.63, 3.8) is 0 Å². The zero-order valence-corrected chi connectivity index (χ0v) is 14.5. The van der Waals surface area contributed by atoms with Crippen molar-refractivity contribution < 1.29 is 9.32 Å². The number of anilines is 1. The number of nitrogens with zero attached hydrogens (tertiary/aromatic N) is 2. The molecule has 0 unspecified atom stereocenters. The minimum absolute atomic E-state index is 0.106. The fraction of sp³-hybridized carbons (Fsp3) is 0.0625. The van der Waals surface area contributed by atoms with Gasteiger partial charge >= 0.3 is 0 Å². The molecule has 0 aliphatic carbocycles. The van der Waals surface area contributed by atoms with Gasteiger partial charge in [-0.3, -0.25) is 4.79 Å². The highest BCUT2D eigenvalue weighted by molar-refractivity contribution is 7.99. The molecule has 0 saturated carbocycles. The first-order valence-electron chi connectivity index (χ1n) is 6.89. The van der Waals surface area contributed by atoms with Crippen molar-refractivity contribution in [2.45, 2.75) is 5.16 Å². The van der Waals surface area contributed by atoms with Crippen molar-refractivity contribution in [3.05, 3.63) is 58.6 Å². The Balaban J connectivity index is 1.60. The first kappa shape index (κ1) is 16.8. The van der Waals surface area contributed by atoms with Crippen LogP contribution in [0.2, 0.25) is 10.0 Å². The number of thioether (sulfide) groups is 1. The molecular formula is C16H11Cl2N3O2S. The van der Waals surface area contributed by atoms with Crippen LogP contribution in [0.25, 0.3) is 11.5 Å². The van der Waals surface area contributed by atoms with Crippen LogP contribution in [0.4, 0.5) is 5.69 Å². The minimum Gasteiger partial charge on any atom is -0.333 e. The van der Waals surface area contributed by atoms with E-state index in [1.54, 1.807) is 18.2 Å². The number of carbonyl (C=O) groups excluding carboxylic acids is 1. The maximum absolute atomic E-state index is 12.0. The smallest absolute Gasteiger partial charge is 0.258 e. The Labute approximate surface area is 152 Å². The van der Waals surface area contributed by atoms with Gasteiger partial charge in [0.05, 0.1) is 21.5 Å². The largest absolute Gasteiger partial charge is 0.333 e. The second-order valence-electron chi connectivity index (χ2n) is 4.68. The molecule has 0 bridgehead atoms. The maximum Gasteiger partial charge on any atom is 0.258 e. The molecule has 3 aromatic rings. The Morgan fingerprint density at radius 2 is 1.79 bits per heavy atom. The van der Waals surface area contributed by atoms with Gasteiger partial charge in [-0.25, -0.2) is 0 Å². The van der Waals surface area contributed by atoms with E-state index in [4.69, 9.17) is 27.7 Å². The van der Waals surface area contributed by atoms with Crippen LogP contribution in [-0.2, 0) is 4.79 Å². The van der Waals surface area contributed by atoms with Gasteiger partial charge in [-0.1, -0.05) is 59.2 Å². The third-order valence-electron chi connectivity index (χ3n) is 2.99. The van der Waals surface area contributed by atoms with Gasteiger partial charge in [0.1, 0.15) is 0 Å². The number of hydrogen-bond acceptors (Lipinski definition) is 5. The summed E-state index contributed by atoms with van der Waals surface area (Å²) in [7, 11) is 0. The van der Waals surface area contributed by atoms with E-state index in [-0.39, 0.29) is 11.7 Å². The molecule has 0 aliphatic heterocycles. The highest BCUT2D eigenvalue weighted by Gasteiger charge is 2.13. The lowest BCUT2D eigenvalue weighted by molar-refractivity contribution is -0.113. The van der Waals surface area contributed by atoms with Crippen LogP contribution in [0.15, 0.2) is 58.2 Å². The Morgan fingerprint density at radius 3 is 2.50 bits per heavy atom. The summed E-state index contributed by atoms with van der Waals surface area (Å²) in [4.78, 5) is 16.3. The number of amides is 1. The molecule has 0 spiro atoms. The second kappa shape index (κ2) is 7.70. The Kier molecular flexibility index (Phi) is 5.40. The molecule has 2 aromatic carbocycles. The average molecular weight is 380 g/mol. The number of nitrogens with one attached hydrogen (secondary N) is 1. The average Bonchev–Trinajstić information content (AvgIpc) is 3.06. The van der Waals surface area contributed by atoms with E-state index < -0.39 is 0 Å². The van der Waals surface area contributed by atoms with Crippen molar-refractivity contribution in [1.29, 1.82) is 0 Å². The summed E-state index contributed by atoms with van der Waals surface area (Å²) in [5, 5.41) is 7.67. The molecule has 1 N–H and O–H groups in total. The molecule has 1 aromatic heterocycles. The summed E-state index contributed by atoms with van der Waals surface area (Å²) >= 11 is 13.2. The van der Waals surface area contributed by atoms with Crippen molar-refractivity contribution in [2.75, 3.05) is 11.1 Å². The predicted octanol–water partition coefficient (Wildman–Crippen LogP) is 4.77. The molecule has 5 nitrogen and oxygen atoms in total. The van der Waals surface area contributed by atoms with Crippen molar-refractivity contribution in [3.8, 4) is 11.5 Å². The lowest BCUT2D eigenvalue weighted by atomic mass is 10.2. The third kappa shape index (κ3) is 4.08. The zero-order valence-electron chi connectivity index (χ0n) is 12.2. The van der Waals surface area contributed by atoms with E-state index in [9.17, 15) is 4.79 Å². The number of hydrogen-bond donors (Lipinski definition) is 1. The minimum atomic E-state index is -0.263. The van der Waals surface area contributed by atoms with Crippen LogP contribution < -0.4 is 5.32 Å². The highest BCUT2D eigenvalue weighted by Crippen LogP contribution is 2.30. The molecule has 0 atom stereocenters. The van der Waals surface area contributed by atoms with Crippen LogP contribution in [-0.4, -0.2) is 21.8 Å². The van der Waals surface area contributed by atoms with Gasteiger partial charge in [0.25, 0.3) is 5.89 Å². The molecule has 0 saturated heterocycles. The van der Waals surface area contributed by atoms with E-state index in [1.165, 1.54) is 0 Å². The van der Waals surface area contributed by atoms with E-state index in [1.807, 2.05) is 30.3 Å². The first-order chi connectivity index (χ1) is 11.6. The number of rotatable bonds is 5. The Hall–Kier alpha value is -2.02. The quantitative estimate of drug-likeness (QED) is 0.646. The van der Waals surface area contributed by atoms with Gasteiger partial charge < -0.3 is 9.84 Å². The molecule has 8 heteroatoms. The topological polar surface area (TPSA) is 68.0 Å². The Bertz CT molecular complexity index is 835. The molecule has 0 fully saturated rings. The zero-order chi connectivity index (χ0) is 16.9. The van der Waals surface area contributed by atoms with Crippen molar-refractivity contribution >= 4 is 46.6 Å². The van der Waals surface area contributed by atoms with Crippen molar-refractivity contribution in [1.82, 2.24) is 10.1 Å². The van der Waals surface area contributed by atoms with E-state index in [0.717, 1.165) is 17.3 Å². The van der Waals surface area contributed by atoms with Crippen LogP contribution in [0.5, 0.6) is 0 Å². The molecule has 122 valence electrons. The SMILES string of the molecule is O=C(CSc1noc(-c2ccccc2)n1)Nc1c(Cl)cccc1Cl. The summed E-state index contributed by atoms with van der Waals surface area (Å²) in [6, 6.07) is 14.4. The van der Waals surface area contributed by atoms with Crippen molar-refractivity contribution in [2.24, 2.45) is 0 Å². The standard InChI is InChI=1S/C16H11Cl2N3O2S/c17-11-7-4-8-12(18)14(11)19-13(22)9-24-16-20-15(23-21-16)10-5-2-1-3-6-10/h1-8H,9H2,(H,19,22). The molecule has 0 radical (unpaired) electrons. The number of carbonyl (C=O) groups is 1. The number of halogens is 2. The molecule has 1 amide bonds. The van der Waals surface area contributed by atoms with Gasteiger partial charge in [-0.05, 0) is 29.4 Å². The summed E-state index contributed by atoms with van der Waals surface area (Å²) in [5.74, 6) is 0.253. The summed E-state index contributed by atoms with van der Waals surface area (Å²) in [6.07, 6.45) is 0. The second-order valence-corrected chi connectivity index (χ2v) is 6.44. The Morgan fingerprint density at radius 1 is 1.08 bits per heavy atom. The highest BCUT2D eigenvalue weighted by atomic mass is 35.5. The molecular weight excluding hydrogens is 369 g/mol. The predicted molar refractivity (Wildman–Crippen MR) is 95.5 cm³/mol. The third-order valence-corrected chi connectivity index (χ3v) is 4.45. The summed E-state index contributed by atoms with van der Waals surface area (Å²) in [5.41, 5.74) is 1.22. The lowest BCUT2D eigenvalue weighted by Crippen LogP contribution is -2.14. The fourth-order valence-corrected chi connectivity index (χ4v) is 2.95. The van der Waals surface area contributed by atoms with Crippen LogP contribution >= 0.6 is 35.0 Å². The summed E-state index contributed by atoms with van der Waals surface area (Å²) in [6.45, 7) is 0. The lowest BCUT2D eigenvalue weighted by Gasteiger charge is -2.08. The van der Waals surface area contributed by atoms with Gasteiger partial charge in [-0.2, -0.15) is 4.98 Å². The monoisotopic (exact) mass is 379 g/mol. The summed E-state index contributed by atoms with van der Waals surface area (Å²) < 4.78 is 5.18. The number of para-hydroxylation sites is 1. The van der Waals surface area contributed by atoms with E-state index >= 15 is 0 Å². The van der Waals surface area contributed by atoms with Crippen LogP contribution in [0, 0.1) is 0 Å². The first-order valence-corrected chi connectivity index (χ1v) is 8.63. The maximum atomic E-state index is 12.0. The van der Waals surface area contributed by atoms with E-state index in [0.29, 0.717) is 26.8 Å². The fourth-order valence-electron chi connectivity index (χ4n) is 1.89. The molecule has 24 heavy (non-hydrogen) atoms. The van der Waals surface area contributed by atoms with Gasteiger partial charge in [-0.15, -0.1) is 0 Å². The van der Waals surface area contributed by atoms with Crippen LogP contribution in [0.1, 0.15) is 0 Å². The molecule has 1 heterocycles.